The summed E-state index contributed by atoms with van der Waals surface area (Å²) in [6.45, 7) is 3.30. The molecule has 8 nitrogen and oxygen atoms in total. The van der Waals surface area contributed by atoms with Crippen molar-refractivity contribution in [3.63, 3.8) is 0 Å². The third-order valence-electron chi connectivity index (χ3n) is 3.06. The molecule has 1 heterocycles. The third kappa shape index (κ3) is 9.43. The van der Waals surface area contributed by atoms with Crippen LogP contribution < -0.4 is 16.0 Å². The van der Waals surface area contributed by atoms with Crippen LogP contribution in [-0.4, -0.2) is 56.4 Å². The molecule has 1 rings (SSSR count). The first-order chi connectivity index (χ1) is 11.5. The Balaban J connectivity index is 2.16. The van der Waals surface area contributed by atoms with Crippen molar-refractivity contribution in [1.82, 2.24) is 20.9 Å². The van der Waals surface area contributed by atoms with Crippen LogP contribution in [0.4, 0.5) is 0 Å². The number of rotatable bonds is 13. The van der Waals surface area contributed by atoms with Crippen LogP contribution in [0.1, 0.15) is 11.5 Å². The zero-order chi connectivity index (χ0) is 17.8. The fourth-order valence-electron chi connectivity index (χ4n) is 1.84. The molecule has 0 aliphatic rings. The van der Waals surface area contributed by atoms with E-state index in [0.717, 1.165) is 48.9 Å². The second kappa shape index (κ2) is 11.8. The van der Waals surface area contributed by atoms with Crippen LogP contribution in [0.5, 0.6) is 0 Å². The van der Waals surface area contributed by atoms with Gasteiger partial charge in [0.1, 0.15) is 11.5 Å². The normalized spacial score (nSPS) is 11.8. The first-order valence-corrected chi connectivity index (χ1v) is 8.94. The number of likely N-dealkylation sites (N-methyl/N-ethyl adjacent to an activating group) is 1. The number of hydrogen-bond donors (Lipinski definition) is 3. The number of nitrogens with one attached hydrogen (secondary N) is 3. The molecule has 1 aromatic heterocycles. The van der Waals surface area contributed by atoms with Crippen LogP contribution in [0, 0.1) is 10.1 Å². The van der Waals surface area contributed by atoms with E-state index in [4.69, 9.17) is 4.42 Å². The fourth-order valence-corrected chi connectivity index (χ4v) is 2.59. The van der Waals surface area contributed by atoms with Gasteiger partial charge in [-0.2, -0.15) is 11.8 Å². The number of hydrogen-bond acceptors (Lipinski definition) is 8. The van der Waals surface area contributed by atoms with E-state index in [9.17, 15) is 10.1 Å². The van der Waals surface area contributed by atoms with Gasteiger partial charge in [0, 0.05) is 32.4 Å². The average Bonchev–Trinajstić information content (AvgIpc) is 2.97. The zero-order valence-corrected chi connectivity index (χ0v) is 15.3. The summed E-state index contributed by atoms with van der Waals surface area (Å²) in [5.41, 5.74) is 0. The molecule has 9 heteroatoms. The quantitative estimate of drug-likeness (QED) is 0.274. The van der Waals surface area contributed by atoms with Crippen molar-refractivity contribution in [3.8, 4) is 0 Å². The molecule has 1 aromatic rings. The molecule has 24 heavy (non-hydrogen) atoms. The molecular weight excluding hydrogens is 330 g/mol. The van der Waals surface area contributed by atoms with Gasteiger partial charge in [-0.05, 0) is 26.2 Å². The van der Waals surface area contributed by atoms with Gasteiger partial charge in [0.25, 0.3) is 6.20 Å². The minimum Gasteiger partial charge on any atom is -0.464 e. The lowest BCUT2D eigenvalue weighted by Gasteiger charge is -2.09. The summed E-state index contributed by atoms with van der Waals surface area (Å²) in [5, 5.41) is 19.5. The van der Waals surface area contributed by atoms with E-state index in [-0.39, 0.29) is 0 Å². The summed E-state index contributed by atoms with van der Waals surface area (Å²) in [6, 6.07) is 3.99. The standard InChI is InChI=1S/C15H27N5O3S/c1-16-15(11-20(21)22)18-7-9-24-12-14-5-4-13(23-14)10-17-6-8-19(2)3/h4-5,11,16-18H,6-10,12H2,1-3H3. The fraction of sp³-hybridized carbons (Fsp3) is 0.600. The third-order valence-corrected chi connectivity index (χ3v) is 4.04. The highest BCUT2D eigenvalue weighted by Gasteiger charge is 2.03. The molecule has 3 N–H and O–H groups in total. The smallest absolute Gasteiger partial charge is 0.274 e. The molecule has 0 aliphatic heterocycles. The number of furan rings is 1. The summed E-state index contributed by atoms with van der Waals surface area (Å²) < 4.78 is 5.76. The zero-order valence-electron chi connectivity index (χ0n) is 14.5. The van der Waals surface area contributed by atoms with Crippen LogP contribution in [-0.2, 0) is 12.3 Å². The summed E-state index contributed by atoms with van der Waals surface area (Å²) >= 11 is 1.72. The maximum absolute atomic E-state index is 10.4. The Hall–Kier alpha value is -1.71. The Bertz CT molecular complexity index is 519. The minimum absolute atomic E-state index is 0.407. The molecule has 0 aliphatic carbocycles. The van der Waals surface area contributed by atoms with Gasteiger partial charge in [-0.25, -0.2) is 0 Å². The van der Waals surface area contributed by atoms with E-state index >= 15 is 0 Å². The lowest BCUT2D eigenvalue weighted by Crippen LogP contribution is -2.26. The summed E-state index contributed by atoms with van der Waals surface area (Å²) in [7, 11) is 5.74. The van der Waals surface area contributed by atoms with Gasteiger partial charge in [-0.1, -0.05) is 0 Å². The van der Waals surface area contributed by atoms with Crippen molar-refractivity contribution in [1.29, 1.82) is 0 Å². The Morgan fingerprint density at radius 3 is 2.79 bits per heavy atom. The van der Waals surface area contributed by atoms with Crippen molar-refractivity contribution in [2.24, 2.45) is 0 Å². The van der Waals surface area contributed by atoms with Gasteiger partial charge in [0.05, 0.1) is 17.2 Å². The molecule has 0 saturated heterocycles. The highest BCUT2D eigenvalue weighted by Crippen LogP contribution is 2.15. The monoisotopic (exact) mass is 357 g/mol. The summed E-state index contributed by atoms with van der Waals surface area (Å²) in [5.74, 6) is 3.90. The number of nitro groups is 1. The van der Waals surface area contributed by atoms with E-state index in [2.05, 4.69) is 20.9 Å². The van der Waals surface area contributed by atoms with Gasteiger partial charge >= 0.3 is 0 Å². The van der Waals surface area contributed by atoms with E-state index in [1.165, 1.54) is 0 Å². The average molecular weight is 357 g/mol. The maximum Gasteiger partial charge on any atom is 0.274 e. The molecule has 0 radical (unpaired) electrons. The van der Waals surface area contributed by atoms with E-state index in [0.29, 0.717) is 12.4 Å². The minimum atomic E-state index is -0.483. The second-order valence-electron chi connectivity index (χ2n) is 5.41. The van der Waals surface area contributed by atoms with Gasteiger partial charge in [-0.15, -0.1) is 0 Å². The van der Waals surface area contributed by atoms with Crippen LogP contribution in [0.15, 0.2) is 28.6 Å². The molecule has 0 atom stereocenters. The number of thioether (sulfide) groups is 1. The Kier molecular flexibility index (Phi) is 9.97. The topological polar surface area (TPSA) is 95.6 Å². The van der Waals surface area contributed by atoms with Gasteiger partial charge < -0.3 is 25.3 Å². The largest absolute Gasteiger partial charge is 0.464 e. The van der Waals surface area contributed by atoms with E-state index in [1.807, 2.05) is 26.2 Å². The molecule has 0 amide bonds. The van der Waals surface area contributed by atoms with Gasteiger partial charge in [0.15, 0.2) is 5.82 Å². The highest BCUT2D eigenvalue weighted by molar-refractivity contribution is 7.98. The van der Waals surface area contributed by atoms with E-state index < -0.39 is 4.92 Å². The molecule has 0 saturated carbocycles. The van der Waals surface area contributed by atoms with Crippen molar-refractivity contribution in [2.75, 3.05) is 46.5 Å². The Morgan fingerprint density at radius 2 is 2.12 bits per heavy atom. The number of nitrogens with zero attached hydrogens (tertiary/aromatic N) is 2. The molecule has 0 aromatic carbocycles. The molecule has 136 valence electrons. The first-order valence-electron chi connectivity index (χ1n) is 7.79. The molecule has 0 fully saturated rings. The van der Waals surface area contributed by atoms with Crippen LogP contribution in [0.25, 0.3) is 0 Å². The van der Waals surface area contributed by atoms with Crippen LogP contribution in [0.2, 0.25) is 0 Å². The Labute approximate surface area is 147 Å². The summed E-state index contributed by atoms with van der Waals surface area (Å²) in [4.78, 5) is 12.0. The van der Waals surface area contributed by atoms with Crippen molar-refractivity contribution in [2.45, 2.75) is 12.3 Å². The van der Waals surface area contributed by atoms with Crippen LogP contribution in [0.3, 0.4) is 0 Å². The van der Waals surface area contributed by atoms with Crippen LogP contribution >= 0.6 is 11.8 Å². The van der Waals surface area contributed by atoms with Gasteiger partial charge in [-0.3, -0.25) is 10.1 Å². The predicted octanol–water partition coefficient (Wildman–Crippen LogP) is 1.05. The second-order valence-corrected chi connectivity index (χ2v) is 6.51. The lowest BCUT2D eigenvalue weighted by molar-refractivity contribution is -0.404. The molecule has 0 unspecified atom stereocenters. The maximum atomic E-state index is 10.4. The molecule has 0 bridgehead atoms. The van der Waals surface area contributed by atoms with Crippen molar-refractivity contribution < 1.29 is 9.34 Å². The van der Waals surface area contributed by atoms with Gasteiger partial charge in [0.2, 0.25) is 0 Å². The van der Waals surface area contributed by atoms with E-state index in [1.54, 1.807) is 18.8 Å². The summed E-state index contributed by atoms with van der Waals surface area (Å²) in [6.07, 6.45) is 0.923. The predicted molar refractivity (Wildman–Crippen MR) is 97.3 cm³/mol. The Morgan fingerprint density at radius 1 is 1.38 bits per heavy atom. The molecular formula is C15H27N5O3S. The lowest BCUT2D eigenvalue weighted by atomic mass is 10.4. The first kappa shape index (κ1) is 20.3. The van der Waals surface area contributed by atoms with Crippen molar-refractivity contribution in [3.05, 3.63) is 45.8 Å². The SMILES string of the molecule is CNC(=C[N+](=O)[O-])NCCSCc1ccc(CNCCN(C)C)o1. The molecule has 0 spiro atoms. The highest BCUT2D eigenvalue weighted by atomic mass is 32.2. The van der Waals surface area contributed by atoms with Crippen molar-refractivity contribution >= 4 is 11.8 Å².